The number of amides is 1. The molecule has 0 unspecified atom stereocenters. The van der Waals surface area contributed by atoms with Crippen molar-refractivity contribution in [3.8, 4) is 17.2 Å². The van der Waals surface area contributed by atoms with Crippen LogP contribution in [0.15, 0.2) is 77.3 Å². The highest BCUT2D eigenvalue weighted by molar-refractivity contribution is 9.10. The van der Waals surface area contributed by atoms with Gasteiger partial charge in [0.05, 0.1) is 11.3 Å². The SMILES string of the molecule is O=C(Nc1ccccc1Oc1ccccc1)c1cc(Br)ccc1O. The fourth-order valence-corrected chi connectivity index (χ4v) is 2.52. The lowest BCUT2D eigenvalue weighted by molar-refractivity contribution is 0.102. The summed E-state index contributed by atoms with van der Waals surface area (Å²) < 4.78 is 6.52. The zero-order chi connectivity index (χ0) is 16.9. The van der Waals surface area contributed by atoms with E-state index in [1.807, 2.05) is 36.4 Å². The number of ether oxygens (including phenoxy) is 1. The molecule has 0 aliphatic carbocycles. The number of hydrogen-bond donors (Lipinski definition) is 2. The molecule has 0 spiro atoms. The van der Waals surface area contributed by atoms with Gasteiger partial charge in [-0.15, -0.1) is 0 Å². The van der Waals surface area contributed by atoms with E-state index in [4.69, 9.17) is 4.74 Å². The van der Waals surface area contributed by atoms with E-state index in [-0.39, 0.29) is 11.3 Å². The molecule has 24 heavy (non-hydrogen) atoms. The lowest BCUT2D eigenvalue weighted by Gasteiger charge is -2.13. The number of phenols is 1. The summed E-state index contributed by atoms with van der Waals surface area (Å²) in [5, 5.41) is 12.6. The molecule has 0 aliphatic rings. The van der Waals surface area contributed by atoms with Gasteiger partial charge in [0.25, 0.3) is 5.91 Å². The van der Waals surface area contributed by atoms with Gasteiger partial charge in [0.15, 0.2) is 5.75 Å². The Morgan fingerprint density at radius 2 is 1.67 bits per heavy atom. The van der Waals surface area contributed by atoms with E-state index in [2.05, 4.69) is 21.2 Å². The van der Waals surface area contributed by atoms with Gasteiger partial charge in [-0.1, -0.05) is 46.3 Å². The molecular formula is C19H14BrNO3. The standard InChI is InChI=1S/C19H14BrNO3/c20-13-10-11-17(22)15(12-13)19(23)21-16-8-4-5-9-18(16)24-14-6-2-1-3-7-14/h1-12,22H,(H,21,23). The van der Waals surface area contributed by atoms with Crippen LogP contribution in [0.1, 0.15) is 10.4 Å². The molecule has 5 heteroatoms. The van der Waals surface area contributed by atoms with Crippen LogP contribution in [0.3, 0.4) is 0 Å². The molecule has 3 aromatic carbocycles. The lowest BCUT2D eigenvalue weighted by Crippen LogP contribution is -2.12. The van der Waals surface area contributed by atoms with Gasteiger partial charge in [0, 0.05) is 4.47 Å². The summed E-state index contributed by atoms with van der Waals surface area (Å²) in [7, 11) is 0. The lowest BCUT2D eigenvalue weighted by atomic mass is 10.2. The first kappa shape index (κ1) is 16.1. The molecule has 0 aromatic heterocycles. The molecule has 3 rings (SSSR count). The Morgan fingerprint density at radius 1 is 0.958 bits per heavy atom. The summed E-state index contributed by atoms with van der Waals surface area (Å²) in [5.74, 6) is 0.686. The average molecular weight is 384 g/mol. The summed E-state index contributed by atoms with van der Waals surface area (Å²) >= 11 is 3.29. The Labute approximate surface area is 147 Å². The molecule has 0 fully saturated rings. The molecule has 3 aromatic rings. The zero-order valence-corrected chi connectivity index (χ0v) is 14.2. The van der Waals surface area contributed by atoms with E-state index in [1.54, 1.807) is 30.3 Å². The number of carbonyl (C=O) groups excluding carboxylic acids is 1. The Morgan fingerprint density at radius 3 is 2.46 bits per heavy atom. The Kier molecular flexibility index (Phi) is 4.82. The van der Waals surface area contributed by atoms with Crippen LogP contribution in [0, 0.1) is 0 Å². The van der Waals surface area contributed by atoms with Crippen molar-refractivity contribution in [2.45, 2.75) is 0 Å². The Hall–Kier alpha value is -2.79. The number of carbonyl (C=O) groups is 1. The number of phenolic OH excluding ortho intramolecular Hbond substituents is 1. The quantitative estimate of drug-likeness (QED) is 0.650. The second-order valence-corrected chi connectivity index (χ2v) is 5.94. The summed E-state index contributed by atoms with van der Waals surface area (Å²) in [4.78, 5) is 12.4. The maximum absolute atomic E-state index is 12.4. The van der Waals surface area contributed by atoms with Crippen molar-refractivity contribution < 1.29 is 14.6 Å². The number of rotatable bonds is 4. The van der Waals surface area contributed by atoms with Gasteiger partial charge in [0.1, 0.15) is 11.5 Å². The van der Waals surface area contributed by atoms with E-state index in [0.717, 1.165) is 0 Å². The van der Waals surface area contributed by atoms with Crippen LogP contribution in [0.2, 0.25) is 0 Å². The van der Waals surface area contributed by atoms with Crippen molar-refractivity contribution in [3.63, 3.8) is 0 Å². The second kappa shape index (κ2) is 7.19. The van der Waals surface area contributed by atoms with Crippen LogP contribution in [0.25, 0.3) is 0 Å². The molecule has 1 amide bonds. The Bertz CT molecular complexity index is 865. The van der Waals surface area contributed by atoms with Crippen LogP contribution in [-0.4, -0.2) is 11.0 Å². The fourth-order valence-electron chi connectivity index (χ4n) is 2.15. The first-order valence-electron chi connectivity index (χ1n) is 7.25. The molecule has 0 saturated carbocycles. The topological polar surface area (TPSA) is 58.6 Å². The minimum absolute atomic E-state index is 0.0860. The van der Waals surface area contributed by atoms with Crippen LogP contribution in [0.5, 0.6) is 17.2 Å². The average Bonchev–Trinajstić information content (AvgIpc) is 2.59. The highest BCUT2D eigenvalue weighted by Crippen LogP contribution is 2.30. The highest BCUT2D eigenvalue weighted by Gasteiger charge is 2.14. The molecule has 2 N–H and O–H groups in total. The van der Waals surface area contributed by atoms with Gasteiger partial charge in [-0.25, -0.2) is 0 Å². The van der Waals surface area contributed by atoms with Crippen molar-refractivity contribution in [2.24, 2.45) is 0 Å². The van der Waals surface area contributed by atoms with E-state index in [9.17, 15) is 9.90 Å². The number of anilines is 1. The number of hydrogen-bond acceptors (Lipinski definition) is 3. The summed E-state index contributed by atoms with van der Waals surface area (Å²) in [6.45, 7) is 0. The molecule has 4 nitrogen and oxygen atoms in total. The van der Waals surface area contributed by atoms with E-state index < -0.39 is 5.91 Å². The van der Waals surface area contributed by atoms with Gasteiger partial charge in [0.2, 0.25) is 0 Å². The molecule has 0 radical (unpaired) electrons. The molecule has 0 atom stereocenters. The first-order valence-corrected chi connectivity index (χ1v) is 8.04. The van der Waals surface area contributed by atoms with E-state index in [0.29, 0.717) is 21.7 Å². The summed E-state index contributed by atoms with van der Waals surface area (Å²) in [6, 6.07) is 21.1. The number of aromatic hydroxyl groups is 1. The van der Waals surface area contributed by atoms with Gasteiger partial charge < -0.3 is 15.2 Å². The minimum atomic E-state index is -0.419. The molecule has 120 valence electrons. The van der Waals surface area contributed by atoms with Crippen LogP contribution < -0.4 is 10.1 Å². The predicted octanol–water partition coefficient (Wildman–Crippen LogP) is 5.20. The van der Waals surface area contributed by atoms with E-state index in [1.165, 1.54) is 6.07 Å². The van der Waals surface area contributed by atoms with Gasteiger partial charge >= 0.3 is 0 Å². The third kappa shape index (κ3) is 3.75. The third-order valence-corrected chi connectivity index (χ3v) is 3.80. The third-order valence-electron chi connectivity index (χ3n) is 3.31. The molecule has 0 aliphatic heterocycles. The van der Waals surface area contributed by atoms with Crippen molar-refractivity contribution >= 4 is 27.5 Å². The maximum atomic E-state index is 12.4. The maximum Gasteiger partial charge on any atom is 0.259 e. The van der Waals surface area contributed by atoms with Crippen molar-refractivity contribution in [1.82, 2.24) is 0 Å². The second-order valence-electron chi connectivity index (χ2n) is 5.03. The first-order chi connectivity index (χ1) is 11.6. The van der Waals surface area contributed by atoms with Gasteiger partial charge in [-0.05, 0) is 42.5 Å². The van der Waals surface area contributed by atoms with Crippen LogP contribution >= 0.6 is 15.9 Å². The normalized spacial score (nSPS) is 10.2. The van der Waals surface area contributed by atoms with E-state index >= 15 is 0 Å². The van der Waals surface area contributed by atoms with Crippen LogP contribution in [0.4, 0.5) is 5.69 Å². The number of benzene rings is 3. The van der Waals surface area contributed by atoms with Crippen molar-refractivity contribution in [3.05, 3.63) is 82.8 Å². The number of halogens is 1. The fraction of sp³-hybridized carbons (Fsp3) is 0. The number of nitrogens with one attached hydrogen (secondary N) is 1. The van der Waals surface area contributed by atoms with Crippen LogP contribution in [-0.2, 0) is 0 Å². The molecular weight excluding hydrogens is 370 g/mol. The van der Waals surface area contributed by atoms with Gasteiger partial charge in [-0.3, -0.25) is 4.79 Å². The number of para-hydroxylation sites is 3. The Balaban J connectivity index is 1.85. The zero-order valence-electron chi connectivity index (χ0n) is 12.6. The van der Waals surface area contributed by atoms with Crippen molar-refractivity contribution in [1.29, 1.82) is 0 Å². The highest BCUT2D eigenvalue weighted by atomic mass is 79.9. The smallest absolute Gasteiger partial charge is 0.259 e. The largest absolute Gasteiger partial charge is 0.507 e. The molecule has 0 saturated heterocycles. The minimum Gasteiger partial charge on any atom is -0.507 e. The van der Waals surface area contributed by atoms with Crippen molar-refractivity contribution in [2.75, 3.05) is 5.32 Å². The summed E-state index contributed by atoms with van der Waals surface area (Å²) in [5.41, 5.74) is 0.699. The molecule has 0 bridgehead atoms. The molecule has 0 heterocycles. The predicted molar refractivity (Wildman–Crippen MR) is 96.7 cm³/mol. The monoisotopic (exact) mass is 383 g/mol. The van der Waals surface area contributed by atoms with Gasteiger partial charge in [-0.2, -0.15) is 0 Å². The summed E-state index contributed by atoms with van der Waals surface area (Å²) in [6.07, 6.45) is 0.